The number of hydrogen-bond acceptors (Lipinski definition) is 8. The quantitative estimate of drug-likeness (QED) is 0.454. The van der Waals surface area contributed by atoms with Gasteiger partial charge in [0.05, 0.1) is 23.7 Å². The van der Waals surface area contributed by atoms with Gasteiger partial charge in [-0.1, -0.05) is 34.6 Å². The van der Waals surface area contributed by atoms with Gasteiger partial charge in [-0.15, -0.1) is 0 Å². The maximum atomic E-state index is 10.5. The van der Waals surface area contributed by atoms with Crippen molar-refractivity contribution >= 4 is 24.3 Å². The van der Waals surface area contributed by atoms with Crippen LogP contribution in [0.4, 0.5) is 0 Å². The van der Waals surface area contributed by atoms with Gasteiger partial charge in [-0.05, 0) is 68.6 Å². The molecule has 0 N–H and O–H groups in total. The monoisotopic (exact) mass is 444 g/mol. The van der Waals surface area contributed by atoms with Crippen molar-refractivity contribution in [1.82, 2.24) is 0 Å². The first-order valence-electron chi connectivity index (χ1n) is 10.9. The lowest BCUT2D eigenvalue weighted by Gasteiger charge is -2.47. The molecule has 4 atom stereocenters. The average Bonchev–Trinajstić information content (AvgIpc) is 2.56. The Morgan fingerprint density at radius 2 is 1.19 bits per heavy atom. The van der Waals surface area contributed by atoms with Crippen molar-refractivity contribution in [3.8, 4) is 0 Å². The maximum absolute atomic E-state index is 10.5. The standard InChI is InChI=1S/2C12H18N2O2/c1-11(2)4-10(14-9-16)5-12(3,6-11)7-13-8-15;1-10(2)5-11(3,13-8-15)7-12(4,6-10)14-9-16/h10H,4-7H2,1-3H3;5-7H2,1-4H3. The van der Waals surface area contributed by atoms with Gasteiger partial charge in [-0.3, -0.25) is 0 Å². The minimum Gasteiger partial charge on any atom is -0.211 e. The van der Waals surface area contributed by atoms with Gasteiger partial charge in [0.25, 0.3) is 0 Å². The normalized spacial score (nSPS) is 34.7. The van der Waals surface area contributed by atoms with Crippen molar-refractivity contribution in [1.29, 1.82) is 0 Å². The summed E-state index contributed by atoms with van der Waals surface area (Å²) in [5.41, 5.74) is -0.889. The summed E-state index contributed by atoms with van der Waals surface area (Å²) in [6, 6.07) is 0.00750. The summed E-state index contributed by atoms with van der Waals surface area (Å²) in [6.07, 6.45) is 11.3. The number of rotatable bonds is 5. The molecule has 0 bridgehead atoms. The third-order valence-corrected chi connectivity index (χ3v) is 6.29. The molecule has 0 radical (unpaired) electrons. The summed E-state index contributed by atoms with van der Waals surface area (Å²) >= 11 is 0. The molecule has 2 rings (SSSR count). The molecule has 0 aromatic carbocycles. The molecule has 4 unspecified atom stereocenters. The molecule has 8 nitrogen and oxygen atoms in total. The Morgan fingerprint density at radius 1 is 0.656 bits per heavy atom. The first-order chi connectivity index (χ1) is 14.6. The highest BCUT2D eigenvalue weighted by Gasteiger charge is 2.47. The van der Waals surface area contributed by atoms with Crippen LogP contribution in [0.15, 0.2) is 20.0 Å². The molecule has 176 valence electrons. The second-order valence-electron chi connectivity index (χ2n) is 11.9. The Labute approximate surface area is 190 Å². The summed E-state index contributed by atoms with van der Waals surface area (Å²) in [6.45, 7) is 14.9. The average molecular weight is 445 g/mol. The van der Waals surface area contributed by atoms with E-state index in [2.05, 4.69) is 54.6 Å². The van der Waals surface area contributed by atoms with Crippen LogP contribution >= 0.6 is 0 Å². The smallest absolute Gasteiger partial charge is 0.211 e. The number of hydrogen-bond donors (Lipinski definition) is 0. The molecule has 2 fully saturated rings. The van der Waals surface area contributed by atoms with Crippen molar-refractivity contribution in [2.75, 3.05) is 6.54 Å². The van der Waals surface area contributed by atoms with Crippen LogP contribution in [-0.4, -0.2) is 48.0 Å². The van der Waals surface area contributed by atoms with E-state index >= 15 is 0 Å². The van der Waals surface area contributed by atoms with Crippen LogP contribution in [0.1, 0.15) is 87.0 Å². The second-order valence-corrected chi connectivity index (χ2v) is 11.9. The topological polar surface area (TPSA) is 118 Å². The molecular formula is C24H36N4O4. The van der Waals surface area contributed by atoms with Crippen LogP contribution in [0.3, 0.4) is 0 Å². The zero-order chi connectivity index (χ0) is 24.7. The van der Waals surface area contributed by atoms with Crippen LogP contribution < -0.4 is 0 Å². The number of carbonyl (C=O) groups excluding carboxylic acids is 4. The molecule has 0 saturated heterocycles. The van der Waals surface area contributed by atoms with Gasteiger partial charge in [0, 0.05) is 0 Å². The Hall–Kier alpha value is -2.48. The third-order valence-electron chi connectivity index (χ3n) is 6.29. The van der Waals surface area contributed by atoms with Crippen LogP contribution in [-0.2, 0) is 19.2 Å². The van der Waals surface area contributed by atoms with Crippen molar-refractivity contribution < 1.29 is 19.2 Å². The highest BCUT2D eigenvalue weighted by atomic mass is 16.1. The van der Waals surface area contributed by atoms with Crippen molar-refractivity contribution in [3.63, 3.8) is 0 Å². The highest BCUT2D eigenvalue weighted by molar-refractivity contribution is 5.37. The number of aliphatic imine (C=N–C) groups is 4. The predicted octanol–water partition coefficient (Wildman–Crippen LogP) is 4.63. The molecule has 0 spiro atoms. The summed E-state index contributed by atoms with van der Waals surface area (Å²) in [4.78, 5) is 56.7. The van der Waals surface area contributed by atoms with Gasteiger partial charge in [-0.2, -0.15) is 9.98 Å². The maximum Gasteiger partial charge on any atom is 0.235 e. The molecule has 0 aliphatic heterocycles. The van der Waals surface area contributed by atoms with E-state index in [-0.39, 0.29) is 22.3 Å². The lowest BCUT2D eigenvalue weighted by Crippen LogP contribution is -2.47. The molecule has 2 aliphatic rings. The minimum absolute atomic E-state index is 0.00243. The van der Waals surface area contributed by atoms with Gasteiger partial charge in [0.1, 0.15) is 0 Å². The fourth-order valence-electron chi connectivity index (χ4n) is 6.54. The zero-order valence-electron chi connectivity index (χ0n) is 20.4. The number of nitrogens with zero attached hydrogens (tertiary/aromatic N) is 4. The van der Waals surface area contributed by atoms with E-state index in [1.165, 1.54) is 0 Å². The Kier molecular flexibility index (Phi) is 8.98. The summed E-state index contributed by atoms with van der Waals surface area (Å²) in [5.74, 6) is 0. The summed E-state index contributed by atoms with van der Waals surface area (Å²) in [7, 11) is 0. The molecule has 0 amide bonds. The molecule has 32 heavy (non-hydrogen) atoms. The molecule has 2 aliphatic carbocycles. The molecule has 0 heterocycles. The van der Waals surface area contributed by atoms with Gasteiger partial charge in [-0.25, -0.2) is 29.2 Å². The zero-order valence-corrected chi connectivity index (χ0v) is 20.4. The fraction of sp³-hybridized carbons (Fsp3) is 0.833. The Bertz CT molecular complexity index is 840. The van der Waals surface area contributed by atoms with E-state index < -0.39 is 11.1 Å². The summed E-state index contributed by atoms with van der Waals surface area (Å²) < 4.78 is 0. The van der Waals surface area contributed by atoms with E-state index in [1.807, 2.05) is 13.8 Å². The predicted molar refractivity (Wildman–Crippen MR) is 121 cm³/mol. The first kappa shape index (κ1) is 27.6. The first-order valence-corrected chi connectivity index (χ1v) is 10.9. The number of isocyanates is 4. The van der Waals surface area contributed by atoms with Gasteiger partial charge in [0.15, 0.2) is 0 Å². The molecule has 2 saturated carbocycles. The van der Waals surface area contributed by atoms with Gasteiger partial charge >= 0.3 is 0 Å². The summed E-state index contributed by atoms with van der Waals surface area (Å²) in [5, 5.41) is 0. The van der Waals surface area contributed by atoms with Crippen molar-refractivity contribution in [2.45, 2.75) is 104 Å². The largest absolute Gasteiger partial charge is 0.235 e. The van der Waals surface area contributed by atoms with Crippen LogP contribution in [0, 0.1) is 16.2 Å². The van der Waals surface area contributed by atoms with E-state index in [9.17, 15) is 19.2 Å². The molecule has 8 heteroatoms. The van der Waals surface area contributed by atoms with Crippen molar-refractivity contribution in [2.24, 2.45) is 36.2 Å². The Morgan fingerprint density at radius 3 is 1.62 bits per heavy atom. The lowest BCUT2D eigenvalue weighted by atomic mass is 9.62. The van der Waals surface area contributed by atoms with Crippen LogP contribution in [0.25, 0.3) is 0 Å². The van der Waals surface area contributed by atoms with E-state index in [4.69, 9.17) is 0 Å². The van der Waals surface area contributed by atoms with Crippen LogP contribution in [0.5, 0.6) is 0 Å². The highest BCUT2D eigenvalue weighted by Crippen LogP contribution is 2.49. The Balaban J connectivity index is 0.000000320. The molecular weight excluding hydrogens is 408 g/mol. The van der Waals surface area contributed by atoms with Crippen molar-refractivity contribution in [3.05, 3.63) is 0 Å². The molecule has 0 aromatic rings. The third kappa shape index (κ3) is 8.57. The SMILES string of the molecule is CC1(C)CC(C)(N=C=O)CC(C)(N=C=O)C1.CC1(C)CC(N=C=O)CC(C)(CN=C=O)C1. The second kappa shape index (κ2) is 10.4. The van der Waals surface area contributed by atoms with E-state index in [1.54, 1.807) is 24.3 Å². The van der Waals surface area contributed by atoms with Gasteiger partial charge < -0.3 is 0 Å². The minimum atomic E-state index is -0.474. The fourth-order valence-corrected chi connectivity index (χ4v) is 6.54. The van der Waals surface area contributed by atoms with E-state index in [0.29, 0.717) is 13.0 Å². The molecule has 0 aromatic heterocycles. The lowest BCUT2D eigenvalue weighted by molar-refractivity contribution is 0.0914. The van der Waals surface area contributed by atoms with Crippen LogP contribution in [0.2, 0.25) is 0 Å². The van der Waals surface area contributed by atoms with E-state index in [0.717, 1.165) is 32.1 Å². The van der Waals surface area contributed by atoms with Gasteiger partial charge in [0.2, 0.25) is 24.3 Å².